The van der Waals surface area contributed by atoms with Gasteiger partial charge in [0.25, 0.3) is 5.91 Å². The molecule has 0 unspecified atom stereocenters. The number of hydroxylamine groups is 1. The highest BCUT2D eigenvalue weighted by molar-refractivity contribution is 5.93. The van der Waals surface area contributed by atoms with Crippen LogP contribution in [0.4, 0.5) is 0 Å². The van der Waals surface area contributed by atoms with Crippen LogP contribution in [-0.4, -0.2) is 37.3 Å². The summed E-state index contributed by atoms with van der Waals surface area (Å²) in [6, 6.07) is 13.9. The zero-order valence-corrected chi connectivity index (χ0v) is 15.7. The van der Waals surface area contributed by atoms with Crippen LogP contribution in [0, 0.1) is 0 Å². The standard InChI is InChI=1S/C21H24N2O5/c1-27-18-9-4-16(5-10-18)6-13-20(24)22-14-2-3-15-28-19-11-7-17(8-12-19)21(25)23-26/h4-13,26H,2-3,14-15H2,1H3,(H,22,24)(H,23,25)/b13-6+. The SMILES string of the molecule is COc1ccc(/C=C/C(=O)NCCCCOc2ccc(C(=O)NO)cc2)cc1. The second-order valence-electron chi connectivity index (χ2n) is 5.92. The summed E-state index contributed by atoms with van der Waals surface area (Å²) >= 11 is 0. The van der Waals surface area contributed by atoms with E-state index >= 15 is 0 Å². The summed E-state index contributed by atoms with van der Waals surface area (Å²) < 4.78 is 10.7. The molecule has 0 heterocycles. The van der Waals surface area contributed by atoms with E-state index in [-0.39, 0.29) is 5.91 Å². The third kappa shape index (κ3) is 7.13. The molecule has 0 atom stereocenters. The minimum Gasteiger partial charge on any atom is -0.497 e. The number of rotatable bonds is 10. The van der Waals surface area contributed by atoms with Gasteiger partial charge in [-0.25, -0.2) is 5.48 Å². The third-order valence-corrected chi connectivity index (χ3v) is 3.90. The third-order valence-electron chi connectivity index (χ3n) is 3.90. The molecule has 0 saturated carbocycles. The van der Waals surface area contributed by atoms with Crippen molar-refractivity contribution in [1.29, 1.82) is 0 Å². The Morgan fingerprint density at radius 2 is 1.68 bits per heavy atom. The van der Waals surface area contributed by atoms with Crippen LogP contribution in [0.1, 0.15) is 28.8 Å². The van der Waals surface area contributed by atoms with Gasteiger partial charge in [-0.3, -0.25) is 14.8 Å². The summed E-state index contributed by atoms with van der Waals surface area (Å²) in [4.78, 5) is 23.0. The van der Waals surface area contributed by atoms with E-state index in [0.717, 1.165) is 24.2 Å². The predicted molar refractivity (Wildman–Crippen MR) is 105 cm³/mol. The van der Waals surface area contributed by atoms with Crippen LogP contribution in [0.3, 0.4) is 0 Å². The molecule has 2 amide bonds. The minimum absolute atomic E-state index is 0.144. The molecular weight excluding hydrogens is 360 g/mol. The first-order chi connectivity index (χ1) is 13.6. The Labute approximate surface area is 163 Å². The van der Waals surface area contributed by atoms with Gasteiger partial charge in [0, 0.05) is 18.2 Å². The molecule has 2 rings (SSSR count). The number of carbonyl (C=O) groups excluding carboxylic acids is 2. The highest BCUT2D eigenvalue weighted by Gasteiger charge is 2.03. The Kier molecular flexibility index (Phi) is 8.55. The van der Waals surface area contributed by atoms with Gasteiger partial charge in [0.1, 0.15) is 11.5 Å². The smallest absolute Gasteiger partial charge is 0.274 e. The van der Waals surface area contributed by atoms with Crippen LogP contribution in [0.15, 0.2) is 54.6 Å². The van der Waals surface area contributed by atoms with Crippen LogP contribution < -0.4 is 20.3 Å². The van der Waals surface area contributed by atoms with Crippen molar-refractivity contribution in [3.63, 3.8) is 0 Å². The predicted octanol–water partition coefficient (Wildman–Crippen LogP) is 2.80. The monoisotopic (exact) mass is 384 g/mol. The molecule has 0 aliphatic rings. The van der Waals surface area contributed by atoms with Gasteiger partial charge >= 0.3 is 0 Å². The molecule has 28 heavy (non-hydrogen) atoms. The van der Waals surface area contributed by atoms with Crippen LogP contribution in [0.5, 0.6) is 11.5 Å². The number of methoxy groups -OCH3 is 1. The van der Waals surface area contributed by atoms with E-state index in [0.29, 0.717) is 24.5 Å². The average Bonchev–Trinajstić information content (AvgIpc) is 2.74. The van der Waals surface area contributed by atoms with Crippen molar-refractivity contribution in [2.75, 3.05) is 20.3 Å². The molecule has 0 bridgehead atoms. The van der Waals surface area contributed by atoms with E-state index in [9.17, 15) is 9.59 Å². The molecule has 3 N–H and O–H groups in total. The van der Waals surface area contributed by atoms with Gasteiger partial charge in [-0.05, 0) is 60.9 Å². The van der Waals surface area contributed by atoms with E-state index in [2.05, 4.69) is 5.32 Å². The maximum Gasteiger partial charge on any atom is 0.274 e. The van der Waals surface area contributed by atoms with Crippen molar-refractivity contribution in [3.05, 3.63) is 65.7 Å². The molecule has 0 radical (unpaired) electrons. The minimum atomic E-state index is -0.566. The maximum atomic E-state index is 11.8. The van der Waals surface area contributed by atoms with E-state index in [1.807, 2.05) is 24.3 Å². The van der Waals surface area contributed by atoms with Crippen molar-refractivity contribution in [2.45, 2.75) is 12.8 Å². The molecule has 2 aromatic rings. The lowest BCUT2D eigenvalue weighted by Gasteiger charge is -2.07. The summed E-state index contributed by atoms with van der Waals surface area (Å²) in [6.07, 6.45) is 4.81. The Hall–Kier alpha value is -3.32. The summed E-state index contributed by atoms with van der Waals surface area (Å²) in [5, 5.41) is 11.4. The van der Waals surface area contributed by atoms with Crippen molar-refractivity contribution >= 4 is 17.9 Å². The zero-order chi connectivity index (χ0) is 20.2. The van der Waals surface area contributed by atoms with Crippen molar-refractivity contribution in [2.24, 2.45) is 0 Å². The van der Waals surface area contributed by atoms with Gasteiger partial charge < -0.3 is 14.8 Å². The number of hydrogen-bond donors (Lipinski definition) is 3. The number of carbonyl (C=O) groups is 2. The molecule has 0 aromatic heterocycles. The number of hydrogen-bond acceptors (Lipinski definition) is 5. The first-order valence-electron chi connectivity index (χ1n) is 8.89. The number of ether oxygens (including phenoxy) is 2. The topological polar surface area (TPSA) is 96.9 Å². The normalized spacial score (nSPS) is 10.5. The molecule has 7 nitrogen and oxygen atoms in total. The second kappa shape index (κ2) is 11.4. The molecular formula is C21H24N2O5. The van der Waals surface area contributed by atoms with E-state index in [1.54, 1.807) is 42.9 Å². The quantitative estimate of drug-likeness (QED) is 0.253. The lowest BCUT2D eigenvalue weighted by Crippen LogP contribution is -2.22. The molecule has 0 aliphatic heterocycles. The van der Waals surface area contributed by atoms with Crippen LogP contribution in [0.2, 0.25) is 0 Å². The van der Waals surface area contributed by atoms with Crippen LogP contribution >= 0.6 is 0 Å². The molecule has 0 fully saturated rings. The van der Waals surface area contributed by atoms with Crippen LogP contribution in [-0.2, 0) is 4.79 Å². The Morgan fingerprint density at radius 3 is 2.32 bits per heavy atom. The van der Waals surface area contributed by atoms with Gasteiger partial charge in [-0.15, -0.1) is 0 Å². The van der Waals surface area contributed by atoms with Gasteiger partial charge in [-0.1, -0.05) is 12.1 Å². The van der Waals surface area contributed by atoms with E-state index < -0.39 is 5.91 Å². The largest absolute Gasteiger partial charge is 0.497 e. The van der Waals surface area contributed by atoms with Crippen molar-refractivity contribution < 1.29 is 24.3 Å². The van der Waals surface area contributed by atoms with E-state index in [4.69, 9.17) is 14.7 Å². The summed E-state index contributed by atoms with van der Waals surface area (Å²) in [5.41, 5.74) is 2.85. The van der Waals surface area contributed by atoms with Crippen LogP contribution in [0.25, 0.3) is 6.08 Å². The fourth-order valence-electron chi connectivity index (χ4n) is 2.34. The van der Waals surface area contributed by atoms with E-state index in [1.165, 1.54) is 6.08 Å². The first-order valence-corrected chi connectivity index (χ1v) is 8.89. The fraction of sp³-hybridized carbons (Fsp3) is 0.238. The fourth-order valence-corrected chi connectivity index (χ4v) is 2.34. The highest BCUT2D eigenvalue weighted by Crippen LogP contribution is 2.13. The maximum absolute atomic E-state index is 11.8. The molecule has 148 valence electrons. The van der Waals surface area contributed by atoms with Gasteiger partial charge in [0.05, 0.1) is 13.7 Å². The summed E-state index contributed by atoms with van der Waals surface area (Å²) in [7, 11) is 1.61. The average molecular weight is 384 g/mol. The Morgan fingerprint density at radius 1 is 1.00 bits per heavy atom. The zero-order valence-electron chi connectivity index (χ0n) is 15.7. The molecule has 0 aliphatic carbocycles. The highest BCUT2D eigenvalue weighted by atomic mass is 16.5. The number of nitrogens with one attached hydrogen (secondary N) is 2. The Bertz CT molecular complexity index is 785. The number of unbranched alkanes of at least 4 members (excludes halogenated alkanes) is 1. The van der Waals surface area contributed by atoms with Gasteiger partial charge in [0.2, 0.25) is 5.91 Å². The lowest BCUT2D eigenvalue weighted by atomic mass is 10.2. The van der Waals surface area contributed by atoms with Crippen molar-refractivity contribution in [1.82, 2.24) is 10.8 Å². The first kappa shape index (κ1) is 21.0. The summed E-state index contributed by atoms with van der Waals surface area (Å²) in [5.74, 6) is 0.703. The number of amides is 2. The molecule has 0 spiro atoms. The second-order valence-corrected chi connectivity index (χ2v) is 5.92. The Balaban J connectivity index is 1.60. The van der Waals surface area contributed by atoms with Gasteiger partial charge in [-0.2, -0.15) is 0 Å². The lowest BCUT2D eigenvalue weighted by molar-refractivity contribution is -0.116. The summed E-state index contributed by atoms with van der Waals surface area (Å²) in [6.45, 7) is 1.06. The van der Waals surface area contributed by atoms with Crippen molar-refractivity contribution in [3.8, 4) is 11.5 Å². The molecule has 0 saturated heterocycles. The molecule has 2 aromatic carbocycles. The van der Waals surface area contributed by atoms with Gasteiger partial charge in [0.15, 0.2) is 0 Å². The number of benzene rings is 2. The molecule has 7 heteroatoms.